The van der Waals surface area contributed by atoms with Crippen molar-refractivity contribution in [2.45, 2.75) is 13.5 Å². The van der Waals surface area contributed by atoms with E-state index in [9.17, 15) is 4.79 Å². The third-order valence-electron chi connectivity index (χ3n) is 1.67. The van der Waals surface area contributed by atoms with Crippen LogP contribution in [0.5, 0.6) is 0 Å². The Bertz CT molecular complexity index is 379. The van der Waals surface area contributed by atoms with E-state index < -0.39 is 6.09 Å². The molecule has 0 unspecified atom stereocenters. The van der Waals surface area contributed by atoms with Crippen LogP contribution in [0, 0.1) is 12.0 Å². The van der Waals surface area contributed by atoms with E-state index in [0.717, 1.165) is 10.6 Å². The molecule has 0 fully saturated rings. The fourth-order valence-electron chi connectivity index (χ4n) is 0.998. The van der Waals surface area contributed by atoms with Crippen molar-refractivity contribution >= 4 is 6.09 Å². The van der Waals surface area contributed by atoms with Gasteiger partial charge in [0.05, 0.1) is 6.54 Å². The third-order valence-corrected chi connectivity index (χ3v) is 1.67. The van der Waals surface area contributed by atoms with Gasteiger partial charge in [-0.25, -0.2) is 15.6 Å². The van der Waals surface area contributed by atoms with Gasteiger partial charge in [-0.2, -0.15) is 0 Å². The second-order valence-electron chi connectivity index (χ2n) is 2.83. The highest BCUT2D eigenvalue weighted by molar-refractivity contribution is 5.68. The van der Waals surface area contributed by atoms with Crippen molar-refractivity contribution in [1.29, 1.82) is 0 Å². The molecule has 0 heterocycles. The Morgan fingerprint density at radius 1 is 1.47 bits per heavy atom. The number of carbonyl (C=O) groups is 1. The van der Waals surface area contributed by atoms with Crippen molar-refractivity contribution in [2.24, 2.45) is 5.84 Å². The fraction of sp³-hybridized carbons (Fsp3) is 0.182. The van der Waals surface area contributed by atoms with Crippen LogP contribution in [0.3, 0.4) is 0 Å². The quantitative estimate of drug-likeness (QED) is 0.343. The highest BCUT2D eigenvalue weighted by Crippen LogP contribution is 2.01. The van der Waals surface area contributed by atoms with Gasteiger partial charge >= 0.3 is 6.09 Å². The molecule has 0 aliphatic carbocycles. The average Bonchev–Trinajstić information content (AvgIpc) is 2.27. The van der Waals surface area contributed by atoms with Crippen LogP contribution >= 0.6 is 0 Å². The normalized spacial score (nSPS) is 8.67. The van der Waals surface area contributed by atoms with Crippen LogP contribution in [-0.2, 0) is 11.3 Å². The maximum Gasteiger partial charge on any atom is 0.438 e. The summed E-state index contributed by atoms with van der Waals surface area (Å²) < 4.78 is 4.53. The molecule has 1 rings (SSSR count). The van der Waals surface area contributed by atoms with E-state index in [-0.39, 0.29) is 0 Å². The number of amides is 1. The summed E-state index contributed by atoms with van der Waals surface area (Å²) in [5.41, 5.74) is 0.932. The number of benzene rings is 1. The minimum Gasteiger partial charge on any atom is -0.355 e. The van der Waals surface area contributed by atoms with Gasteiger partial charge in [-0.3, -0.25) is 0 Å². The molecule has 0 radical (unpaired) electrons. The second kappa shape index (κ2) is 5.68. The van der Waals surface area contributed by atoms with Crippen LogP contribution in [-0.4, -0.2) is 11.1 Å². The summed E-state index contributed by atoms with van der Waals surface area (Å²) in [5, 5.41) is 0.972. The van der Waals surface area contributed by atoms with Crippen molar-refractivity contribution in [3.8, 4) is 12.0 Å². The highest BCUT2D eigenvalue weighted by atomic mass is 16.5. The monoisotopic (exact) mass is 204 g/mol. The zero-order valence-electron chi connectivity index (χ0n) is 8.43. The molecule has 1 amide bonds. The van der Waals surface area contributed by atoms with Crippen LogP contribution in [0.25, 0.3) is 0 Å². The van der Waals surface area contributed by atoms with Gasteiger partial charge in [0.25, 0.3) is 0 Å². The first kappa shape index (κ1) is 11.1. The summed E-state index contributed by atoms with van der Waals surface area (Å²) in [5.74, 6) is 7.92. The predicted octanol–water partition coefficient (Wildman–Crippen LogP) is 1.48. The Labute approximate surface area is 88.6 Å². The SMILES string of the molecule is CC#COC(=O)N(N)Cc1ccccc1. The van der Waals surface area contributed by atoms with Crippen molar-refractivity contribution in [2.75, 3.05) is 0 Å². The summed E-state index contributed by atoms with van der Waals surface area (Å²) in [6.45, 7) is 1.87. The molecule has 0 aromatic heterocycles. The number of hydrazine groups is 1. The smallest absolute Gasteiger partial charge is 0.355 e. The molecule has 4 heteroatoms. The lowest BCUT2D eigenvalue weighted by Crippen LogP contribution is -2.36. The minimum absolute atomic E-state index is 0.297. The molecule has 0 spiro atoms. The molecule has 2 N–H and O–H groups in total. The first-order valence-electron chi connectivity index (χ1n) is 4.42. The molecular formula is C11H12N2O2. The first-order chi connectivity index (χ1) is 7.24. The fourth-order valence-corrected chi connectivity index (χ4v) is 0.998. The lowest BCUT2D eigenvalue weighted by atomic mass is 10.2. The molecule has 0 aliphatic rings. The molecule has 1 aromatic carbocycles. The Hall–Kier alpha value is -1.99. The Morgan fingerprint density at radius 2 is 2.13 bits per heavy atom. The van der Waals surface area contributed by atoms with E-state index in [1.807, 2.05) is 30.3 Å². The number of hydrogen-bond acceptors (Lipinski definition) is 3. The first-order valence-corrected chi connectivity index (χ1v) is 4.42. The van der Waals surface area contributed by atoms with E-state index in [1.54, 1.807) is 6.92 Å². The van der Waals surface area contributed by atoms with Gasteiger partial charge in [0.1, 0.15) is 6.11 Å². The number of carbonyl (C=O) groups excluding carboxylic acids is 1. The molecule has 0 aliphatic heterocycles. The second-order valence-corrected chi connectivity index (χ2v) is 2.83. The predicted molar refractivity (Wildman–Crippen MR) is 56.1 cm³/mol. The molecular weight excluding hydrogens is 192 g/mol. The molecule has 0 bridgehead atoms. The van der Waals surface area contributed by atoms with E-state index in [1.165, 1.54) is 0 Å². The zero-order chi connectivity index (χ0) is 11.1. The van der Waals surface area contributed by atoms with E-state index >= 15 is 0 Å². The Morgan fingerprint density at radius 3 is 2.73 bits per heavy atom. The van der Waals surface area contributed by atoms with E-state index in [2.05, 4.69) is 16.8 Å². The topological polar surface area (TPSA) is 55.6 Å². The molecule has 0 saturated heterocycles. The Kier molecular flexibility index (Phi) is 4.20. The molecule has 0 atom stereocenters. The van der Waals surface area contributed by atoms with Crippen LogP contribution in [0.2, 0.25) is 0 Å². The van der Waals surface area contributed by atoms with Crippen molar-refractivity contribution in [1.82, 2.24) is 5.01 Å². The lowest BCUT2D eigenvalue weighted by molar-refractivity contribution is 0.141. The van der Waals surface area contributed by atoms with Crippen molar-refractivity contribution in [3.05, 3.63) is 35.9 Å². The number of rotatable bonds is 2. The lowest BCUT2D eigenvalue weighted by Gasteiger charge is -2.13. The Balaban J connectivity index is 2.51. The van der Waals surface area contributed by atoms with Gasteiger partial charge in [0.15, 0.2) is 0 Å². The van der Waals surface area contributed by atoms with Gasteiger partial charge in [0, 0.05) is 6.92 Å². The highest BCUT2D eigenvalue weighted by Gasteiger charge is 2.09. The van der Waals surface area contributed by atoms with Gasteiger partial charge < -0.3 is 4.74 Å². The molecule has 1 aromatic rings. The molecule has 4 nitrogen and oxygen atoms in total. The third kappa shape index (κ3) is 3.71. The van der Waals surface area contributed by atoms with E-state index in [0.29, 0.717) is 6.54 Å². The summed E-state index contributed by atoms with van der Waals surface area (Å²) in [6.07, 6.45) is 1.53. The summed E-state index contributed by atoms with van der Waals surface area (Å²) in [4.78, 5) is 11.2. The maximum absolute atomic E-state index is 11.2. The number of nitrogens with two attached hydrogens (primary N) is 1. The van der Waals surface area contributed by atoms with Gasteiger partial charge in [-0.15, -0.1) is 0 Å². The summed E-state index contributed by atoms with van der Waals surface area (Å²) in [6, 6.07) is 9.39. The van der Waals surface area contributed by atoms with Crippen LogP contribution in [0.15, 0.2) is 30.3 Å². The molecule has 0 saturated carbocycles. The van der Waals surface area contributed by atoms with Crippen LogP contribution in [0.4, 0.5) is 4.79 Å². The van der Waals surface area contributed by atoms with Gasteiger partial charge in [-0.1, -0.05) is 36.3 Å². The van der Waals surface area contributed by atoms with Crippen LogP contribution < -0.4 is 5.84 Å². The maximum atomic E-state index is 11.2. The largest absolute Gasteiger partial charge is 0.438 e. The van der Waals surface area contributed by atoms with Crippen molar-refractivity contribution < 1.29 is 9.53 Å². The van der Waals surface area contributed by atoms with Crippen molar-refractivity contribution in [3.63, 3.8) is 0 Å². The standard InChI is InChI=1S/C11H12N2O2/c1-2-8-15-11(14)13(12)9-10-6-4-3-5-7-10/h3-7H,9,12H2,1H3. The summed E-state index contributed by atoms with van der Waals surface area (Å²) in [7, 11) is 0. The van der Waals surface area contributed by atoms with E-state index in [4.69, 9.17) is 5.84 Å². The number of nitrogens with zero attached hydrogens (tertiary/aromatic N) is 1. The van der Waals surface area contributed by atoms with Gasteiger partial charge in [-0.05, 0) is 5.56 Å². The minimum atomic E-state index is -0.659. The summed E-state index contributed by atoms with van der Waals surface area (Å²) >= 11 is 0. The number of ether oxygens (including phenoxy) is 1. The van der Waals surface area contributed by atoms with Gasteiger partial charge in [0.2, 0.25) is 0 Å². The zero-order valence-corrected chi connectivity index (χ0v) is 8.43. The average molecular weight is 204 g/mol. The molecule has 78 valence electrons. The number of hydrogen-bond donors (Lipinski definition) is 1. The molecule has 15 heavy (non-hydrogen) atoms. The van der Waals surface area contributed by atoms with Crippen LogP contribution in [0.1, 0.15) is 12.5 Å².